The van der Waals surface area contributed by atoms with Gasteiger partial charge in [-0.2, -0.15) is 0 Å². The minimum atomic E-state index is -0.512. The second-order valence-electron chi connectivity index (χ2n) is 8.42. The van der Waals surface area contributed by atoms with E-state index in [0.717, 1.165) is 22.2 Å². The first-order valence-electron chi connectivity index (χ1n) is 10.7. The molecule has 2 aliphatic rings. The molecule has 0 bridgehead atoms. The van der Waals surface area contributed by atoms with Crippen molar-refractivity contribution >= 4 is 28.3 Å². The molecule has 3 aromatic carbocycles. The van der Waals surface area contributed by atoms with Crippen molar-refractivity contribution in [2.24, 2.45) is 5.92 Å². The Labute approximate surface area is 188 Å². The van der Waals surface area contributed by atoms with Gasteiger partial charge in [-0.1, -0.05) is 36.4 Å². The van der Waals surface area contributed by atoms with Gasteiger partial charge in [-0.15, -0.1) is 0 Å². The van der Waals surface area contributed by atoms with Gasteiger partial charge in [0.1, 0.15) is 11.9 Å². The number of para-hydroxylation sites is 1. The molecule has 33 heavy (non-hydrogen) atoms. The van der Waals surface area contributed by atoms with Crippen LogP contribution in [0.15, 0.2) is 72.8 Å². The molecule has 0 amide bonds. The normalized spacial score (nSPS) is 18.7. The van der Waals surface area contributed by atoms with Crippen molar-refractivity contribution in [2.75, 3.05) is 0 Å². The summed E-state index contributed by atoms with van der Waals surface area (Å²) in [5.74, 6) is -0.378. The lowest BCUT2D eigenvalue weighted by molar-refractivity contribution is -0.384. The van der Waals surface area contributed by atoms with E-state index in [1.807, 2.05) is 42.5 Å². The van der Waals surface area contributed by atoms with Gasteiger partial charge >= 0.3 is 0 Å². The van der Waals surface area contributed by atoms with Crippen LogP contribution in [0.3, 0.4) is 0 Å². The number of ketones is 1. The summed E-state index contributed by atoms with van der Waals surface area (Å²) in [4.78, 5) is 37.5. The average Bonchev–Trinajstić information content (AvgIpc) is 3.16. The van der Waals surface area contributed by atoms with Crippen LogP contribution in [0, 0.1) is 16.0 Å². The molecule has 2 atom stereocenters. The molecule has 4 aromatic rings. The monoisotopic (exact) mass is 438 g/mol. The maximum atomic E-state index is 13.5. The Morgan fingerprint density at radius 2 is 1.76 bits per heavy atom. The first-order chi connectivity index (χ1) is 16.0. The minimum Gasteiger partial charge on any atom is -0.488 e. The summed E-state index contributed by atoms with van der Waals surface area (Å²) in [5, 5.41) is 12.1. The van der Waals surface area contributed by atoms with Crippen LogP contribution in [-0.2, 0) is 12.8 Å². The van der Waals surface area contributed by atoms with E-state index in [0.29, 0.717) is 24.2 Å². The van der Waals surface area contributed by atoms with E-state index in [9.17, 15) is 19.7 Å². The summed E-state index contributed by atoms with van der Waals surface area (Å²) in [5.41, 5.74) is 3.31. The Morgan fingerprint density at radius 3 is 2.55 bits per heavy atom. The highest BCUT2D eigenvalue weighted by atomic mass is 16.6. The van der Waals surface area contributed by atoms with Gasteiger partial charge in [0.05, 0.1) is 21.9 Å². The number of carbonyl (C=O) groups excluding carboxylic acids is 2. The third kappa shape index (κ3) is 2.89. The van der Waals surface area contributed by atoms with E-state index >= 15 is 0 Å². The highest BCUT2D eigenvalue weighted by molar-refractivity contribution is 6.06. The maximum Gasteiger partial charge on any atom is 0.270 e. The summed E-state index contributed by atoms with van der Waals surface area (Å²) in [6, 6.07) is 20.9. The molecule has 1 aliphatic carbocycles. The Kier molecular flexibility index (Phi) is 4.20. The van der Waals surface area contributed by atoms with Crippen LogP contribution in [0.25, 0.3) is 10.9 Å². The van der Waals surface area contributed by atoms with Crippen LogP contribution in [-0.4, -0.2) is 27.3 Å². The van der Waals surface area contributed by atoms with Gasteiger partial charge in [-0.3, -0.25) is 24.3 Å². The number of fused-ring (bicyclic) bond motifs is 5. The zero-order valence-electron chi connectivity index (χ0n) is 17.4. The smallest absolute Gasteiger partial charge is 0.270 e. The minimum absolute atomic E-state index is 0.121. The van der Waals surface area contributed by atoms with Crippen LogP contribution >= 0.6 is 0 Å². The lowest BCUT2D eigenvalue weighted by atomic mass is 9.78. The molecule has 0 radical (unpaired) electrons. The first-order valence-corrected chi connectivity index (χ1v) is 10.7. The van der Waals surface area contributed by atoms with Crippen LogP contribution in [0.1, 0.15) is 32.0 Å². The molecule has 0 spiro atoms. The van der Waals surface area contributed by atoms with Crippen LogP contribution in [0.4, 0.5) is 5.69 Å². The molecule has 2 heterocycles. The largest absolute Gasteiger partial charge is 0.488 e. The van der Waals surface area contributed by atoms with Crippen molar-refractivity contribution in [3.05, 3.63) is 105 Å². The fourth-order valence-corrected chi connectivity index (χ4v) is 5.10. The molecule has 7 heteroatoms. The molecule has 0 unspecified atom stereocenters. The van der Waals surface area contributed by atoms with Gasteiger partial charge in [-0.25, -0.2) is 0 Å². The molecular formula is C26H18N2O5. The van der Waals surface area contributed by atoms with Crippen molar-refractivity contribution < 1.29 is 19.2 Å². The molecule has 1 aliphatic heterocycles. The Hall–Kier alpha value is -4.26. The number of rotatable bonds is 2. The maximum absolute atomic E-state index is 13.5. The number of ether oxygens (including phenoxy) is 1. The number of nitrogens with zero attached hydrogens (tertiary/aromatic N) is 2. The Bertz CT molecular complexity index is 1470. The van der Waals surface area contributed by atoms with Crippen molar-refractivity contribution in [1.29, 1.82) is 0 Å². The van der Waals surface area contributed by atoms with Crippen molar-refractivity contribution in [3.63, 3.8) is 0 Å². The molecule has 1 aromatic heterocycles. The Balaban J connectivity index is 1.47. The SMILES string of the molecule is O=C1c2cc([N+](=O)[O-])ccc2O[C@@H]2Cc3c(c4ccccc4n3C(=O)c3ccccc3)C[C@H]12. The number of hydrogen-bond donors (Lipinski definition) is 0. The number of hydrogen-bond acceptors (Lipinski definition) is 5. The number of nitro groups is 1. The highest BCUT2D eigenvalue weighted by Gasteiger charge is 2.43. The lowest BCUT2D eigenvalue weighted by Crippen LogP contribution is -2.44. The predicted molar refractivity (Wildman–Crippen MR) is 121 cm³/mol. The number of benzene rings is 3. The molecule has 0 saturated carbocycles. The van der Waals surface area contributed by atoms with Crippen molar-refractivity contribution in [2.45, 2.75) is 18.9 Å². The molecular weight excluding hydrogens is 420 g/mol. The van der Waals surface area contributed by atoms with Gasteiger partial charge in [0.15, 0.2) is 5.78 Å². The summed E-state index contributed by atoms with van der Waals surface area (Å²) in [6.45, 7) is 0. The first kappa shape index (κ1) is 19.4. The van der Waals surface area contributed by atoms with Crippen LogP contribution in [0.2, 0.25) is 0 Å². The zero-order chi connectivity index (χ0) is 22.7. The van der Waals surface area contributed by atoms with E-state index in [1.165, 1.54) is 18.2 Å². The second kappa shape index (κ2) is 7.13. The molecule has 0 N–H and O–H groups in total. The van der Waals surface area contributed by atoms with Gasteiger partial charge in [0.25, 0.3) is 11.6 Å². The molecule has 6 rings (SSSR count). The molecule has 162 valence electrons. The van der Waals surface area contributed by atoms with Crippen LogP contribution in [0.5, 0.6) is 5.75 Å². The van der Waals surface area contributed by atoms with E-state index < -0.39 is 16.9 Å². The summed E-state index contributed by atoms with van der Waals surface area (Å²) in [7, 11) is 0. The quantitative estimate of drug-likeness (QED) is 0.337. The van der Waals surface area contributed by atoms with Crippen molar-refractivity contribution in [3.8, 4) is 5.75 Å². The predicted octanol–water partition coefficient (Wildman–Crippen LogP) is 4.60. The fraction of sp³-hybridized carbons (Fsp3) is 0.154. The number of aromatic nitrogens is 1. The topological polar surface area (TPSA) is 91.4 Å². The Morgan fingerprint density at radius 1 is 1.00 bits per heavy atom. The third-order valence-corrected chi connectivity index (χ3v) is 6.63. The van der Waals surface area contributed by atoms with Crippen molar-refractivity contribution in [1.82, 2.24) is 4.57 Å². The fourth-order valence-electron chi connectivity index (χ4n) is 5.10. The average molecular weight is 438 g/mol. The van der Waals surface area contributed by atoms with E-state index in [2.05, 4.69) is 0 Å². The number of carbonyl (C=O) groups is 2. The molecule has 0 saturated heterocycles. The molecule has 7 nitrogen and oxygen atoms in total. The van der Waals surface area contributed by atoms with E-state index in [1.54, 1.807) is 16.7 Å². The van der Waals surface area contributed by atoms with Gasteiger partial charge in [0.2, 0.25) is 0 Å². The number of non-ortho nitro benzene ring substituents is 1. The highest BCUT2D eigenvalue weighted by Crippen LogP contribution is 2.42. The summed E-state index contributed by atoms with van der Waals surface area (Å²) in [6.07, 6.45) is 0.372. The number of nitro benzene ring substituents is 1. The standard InChI is InChI=1S/C26H18N2O5/c29-25-19-12-16(28(31)32)10-11-23(19)33-24-14-22-18(13-20(24)25)17-8-4-5-9-21(17)27(22)26(30)15-6-2-1-3-7-15/h1-12,20,24H,13-14H2/t20-,24+/m0/s1. The lowest BCUT2D eigenvalue weighted by Gasteiger charge is -2.36. The van der Waals surface area contributed by atoms with E-state index in [-0.39, 0.29) is 22.9 Å². The third-order valence-electron chi connectivity index (χ3n) is 6.63. The van der Waals surface area contributed by atoms with Gasteiger partial charge in [0, 0.05) is 35.2 Å². The molecule has 0 fully saturated rings. The van der Waals surface area contributed by atoms with E-state index in [4.69, 9.17) is 4.74 Å². The van der Waals surface area contributed by atoms with Crippen LogP contribution < -0.4 is 4.74 Å². The second-order valence-corrected chi connectivity index (χ2v) is 8.42. The van der Waals surface area contributed by atoms with Gasteiger partial charge < -0.3 is 4.74 Å². The zero-order valence-corrected chi connectivity index (χ0v) is 17.4. The summed E-state index contributed by atoms with van der Waals surface area (Å²) < 4.78 is 7.91. The number of Topliss-reactive ketones (excluding diaryl/α,β-unsaturated/α-hetero) is 1. The summed E-state index contributed by atoms with van der Waals surface area (Å²) >= 11 is 0. The van der Waals surface area contributed by atoms with Gasteiger partial charge in [-0.05, 0) is 36.2 Å².